The molecule has 0 saturated carbocycles. The molecule has 2 heterocycles. The quantitative estimate of drug-likeness (QED) is 0.167. The molecule has 6 aromatic carbocycles. The molecule has 1 aliphatic heterocycles. The summed E-state index contributed by atoms with van der Waals surface area (Å²) in [5.41, 5.74) is 15.3. The van der Waals surface area contributed by atoms with Crippen molar-refractivity contribution in [3.63, 3.8) is 0 Å². The summed E-state index contributed by atoms with van der Waals surface area (Å²) in [7, 11) is 0. The highest BCUT2D eigenvalue weighted by Gasteiger charge is 2.37. The molecular formula is C50H37N3S. The highest BCUT2D eigenvalue weighted by molar-refractivity contribution is 8.03. The second kappa shape index (κ2) is 11.8. The Hall–Kier alpha value is -5.97. The van der Waals surface area contributed by atoms with E-state index in [-0.39, 0.29) is 5.41 Å². The molecule has 1 unspecified atom stereocenters. The van der Waals surface area contributed by atoms with Crippen molar-refractivity contribution in [1.82, 2.24) is 4.57 Å². The summed E-state index contributed by atoms with van der Waals surface area (Å²) in [5, 5.41) is 5.08. The van der Waals surface area contributed by atoms with Crippen molar-refractivity contribution in [3.8, 4) is 11.1 Å². The van der Waals surface area contributed by atoms with Crippen LogP contribution in [0.2, 0.25) is 0 Å². The van der Waals surface area contributed by atoms with Crippen LogP contribution in [-0.2, 0) is 12.1 Å². The summed E-state index contributed by atoms with van der Waals surface area (Å²) >= 11 is 1.88. The average molecular weight is 712 g/mol. The van der Waals surface area contributed by atoms with E-state index in [0.717, 1.165) is 40.1 Å². The van der Waals surface area contributed by atoms with Crippen LogP contribution >= 0.6 is 11.8 Å². The predicted molar refractivity (Wildman–Crippen MR) is 230 cm³/mol. The molecule has 0 N–H and O–H groups in total. The van der Waals surface area contributed by atoms with Crippen LogP contribution in [0.3, 0.4) is 0 Å². The third kappa shape index (κ3) is 4.44. The van der Waals surface area contributed by atoms with Crippen LogP contribution < -0.4 is 0 Å². The van der Waals surface area contributed by atoms with Gasteiger partial charge in [0.15, 0.2) is 0 Å². The third-order valence-electron chi connectivity index (χ3n) is 12.1. The Bertz CT molecular complexity index is 2960. The molecule has 54 heavy (non-hydrogen) atoms. The van der Waals surface area contributed by atoms with Crippen molar-refractivity contribution < 1.29 is 0 Å². The molecule has 0 bridgehead atoms. The van der Waals surface area contributed by atoms with Crippen molar-refractivity contribution in [1.29, 1.82) is 0 Å². The van der Waals surface area contributed by atoms with Gasteiger partial charge in [0, 0.05) is 43.7 Å². The predicted octanol–water partition coefficient (Wildman–Crippen LogP) is 12.9. The summed E-state index contributed by atoms with van der Waals surface area (Å²) in [5.74, 6) is 0.411. The number of allylic oxidation sites excluding steroid dienone is 6. The lowest BCUT2D eigenvalue weighted by atomic mass is 9.80. The standard InChI is InChI=1S/C50H37N3S/c1-50(2)42-20-9-6-15-33(42)36-25-24-31-27-41-34-16-7-10-21-43(34)53(44(41)28-40(31)46(36)50)29-52-48-32-14-5-4-13-30(32)23-26-38(48)47(51-3)39-19-12-18-37-35-17-8-11-22-45(35)54-49(37)39/h4-16,18-28,35H,3,17,29H2,1-2H3/b47-38-,52-48-. The Morgan fingerprint density at radius 1 is 0.796 bits per heavy atom. The van der Waals surface area contributed by atoms with Gasteiger partial charge >= 0.3 is 0 Å². The highest BCUT2D eigenvalue weighted by Crippen LogP contribution is 2.55. The summed E-state index contributed by atoms with van der Waals surface area (Å²) < 4.78 is 2.41. The molecule has 7 aromatic rings. The summed E-state index contributed by atoms with van der Waals surface area (Å²) in [4.78, 5) is 13.1. The van der Waals surface area contributed by atoms with Gasteiger partial charge in [-0.05, 0) is 86.5 Å². The van der Waals surface area contributed by atoms with Crippen LogP contribution in [0.1, 0.15) is 59.6 Å². The average Bonchev–Trinajstić information content (AvgIpc) is 3.82. The number of thioether (sulfide) groups is 1. The maximum absolute atomic E-state index is 5.58. The van der Waals surface area contributed by atoms with Crippen molar-refractivity contribution in [2.45, 2.75) is 43.2 Å². The topological polar surface area (TPSA) is 29.6 Å². The van der Waals surface area contributed by atoms with Crippen LogP contribution in [0.4, 0.5) is 0 Å². The normalized spacial score (nSPS) is 19.1. The Morgan fingerprint density at radius 2 is 1.63 bits per heavy atom. The van der Waals surface area contributed by atoms with E-state index < -0.39 is 0 Å². The van der Waals surface area contributed by atoms with E-state index in [1.807, 2.05) is 11.8 Å². The number of nitrogens with zero attached hydrogens (tertiary/aromatic N) is 3. The maximum atomic E-state index is 5.58. The number of rotatable bonds is 4. The lowest BCUT2D eigenvalue weighted by Gasteiger charge is -2.23. The zero-order chi connectivity index (χ0) is 36.1. The molecule has 258 valence electrons. The first kappa shape index (κ1) is 31.5. The number of hydrogen-bond acceptors (Lipinski definition) is 3. The molecule has 3 nitrogen and oxygen atoms in total. The number of benzene rings is 6. The van der Waals surface area contributed by atoms with Crippen molar-refractivity contribution in [3.05, 3.63) is 183 Å². The molecule has 1 aromatic heterocycles. The first-order chi connectivity index (χ1) is 26.5. The summed E-state index contributed by atoms with van der Waals surface area (Å²) in [6.45, 7) is 9.36. The zero-order valence-corrected chi connectivity index (χ0v) is 31.1. The smallest absolute Gasteiger partial charge is 0.115 e. The number of fused-ring (bicyclic) bond motifs is 12. The van der Waals surface area contributed by atoms with Gasteiger partial charge in [-0.2, -0.15) is 0 Å². The second-order valence-corrected chi connectivity index (χ2v) is 16.4. The molecule has 11 rings (SSSR count). The molecule has 0 amide bonds. The van der Waals surface area contributed by atoms with E-state index in [2.05, 4.69) is 171 Å². The van der Waals surface area contributed by atoms with E-state index in [4.69, 9.17) is 9.98 Å². The van der Waals surface area contributed by atoms with E-state index in [9.17, 15) is 0 Å². The van der Waals surface area contributed by atoms with Crippen LogP contribution in [0, 0.1) is 0 Å². The van der Waals surface area contributed by atoms with E-state index in [1.54, 1.807) is 0 Å². The van der Waals surface area contributed by atoms with Crippen molar-refractivity contribution in [2.24, 2.45) is 9.98 Å². The van der Waals surface area contributed by atoms with E-state index in [0.29, 0.717) is 12.6 Å². The van der Waals surface area contributed by atoms with Gasteiger partial charge in [-0.25, -0.2) is 0 Å². The van der Waals surface area contributed by atoms with Gasteiger partial charge in [0.1, 0.15) is 6.67 Å². The van der Waals surface area contributed by atoms with E-state index >= 15 is 0 Å². The lowest BCUT2D eigenvalue weighted by molar-refractivity contribution is 0.666. The van der Waals surface area contributed by atoms with Gasteiger partial charge in [0.05, 0.1) is 22.4 Å². The summed E-state index contributed by atoms with van der Waals surface area (Å²) in [6.07, 6.45) is 12.2. The fraction of sp³-hybridized carbons (Fsp3) is 0.120. The molecule has 4 heteroatoms. The minimum Gasteiger partial charge on any atom is -0.320 e. The van der Waals surface area contributed by atoms with Crippen molar-refractivity contribution in [2.75, 3.05) is 0 Å². The zero-order valence-electron chi connectivity index (χ0n) is 30.3. The van der Waals surface area contributed by atoms with Gasteiger partial charge in [0.2, 0.25) is 0 Å². The minimum atomic E-state index is -0.108. The van der Waals surface area contributed by atoms with Crippen molar-refractivity contribution >= 4 is 68.5 Å². The molecule has 0 spiro atoms. The highest BCUT2D eigenvalue weighted by atomic mass is 32.2. The first-order valence-corrected chi connectivity index (χ1v) is 19.6. The number of hydrogen-bond donors (Lipinski definition) is 0. The maximum Gasteiger partial charge on any atom is 0.115 e. The fourth-order valence-electron chi connectivity index (χ4n) is 9.63. The van der Waals surface area contributed by atoms with Gasteiger partial charge in [-0.1, -0.05) is 147 Å². The Balaban J connectivity index is 1.12. The van der Waals surface area contributed by atoms with Gasteiger partial charge in [-0.15, -0.1) is 0 Å². The number of aromatic nitrogens is 1. The van der Waals surface area contributed by atoms with Crippen LogP contribution in [0.5, 0.6) is 0 Å². The van der Waals surface area contributed by atoms with Gasteiger partial charge < -0.3 is 4.57 Å². The third-order valence-corrected chi connectivity index (χ3v) is 13.4. The lowest BCUT2D eigenvalue weighted by Crippen LogP contribution is -2.15. The fourth-order valence-corrected chi connectivity index (χ4v) is 11.0. The molecule has 3 aliphatic carbocycles. The Kier molecular flexibility index (Phi) is 6.87. The first-order valence-electron chi connectivity index (χ1n) is 18.8. The molecular weight excluding hydrogens is 675 g/mol. The monoisotopic (exact) mass is 711 g/mol. The summed E-state index contributed by atoms with van der Waals surface area (Å²) in [6, 6.07) is 42.4. The minimum absolute atomic E-state index is 0.108. The second-order valence-electron chi connectivity index (χ2n) is 15.3. The van der Waals surface area contributed by atoms with Crippen LogP contribution in [-0.4, -0.2) is 17.0 Å². The molecule has 1 atom stereocenters. The Morgan fingerprint density at radius 3 is 2.54 bits per heavy atom. The van der Waals surface area contributed by atoms with Gasteiger partial charge in [-0.3, -0.25) is 9.98 Å². The van der Waals surface area contributed by atoms with Gasteiger partial charge in [0.25, 0.3) is 0 Å². The largest absolute Gasteiger partial charge is 0.320 e. The molecule has 0 radical (unpaired) electrons. The number of para-hydroxylation sites is 1. The molecule has 0 saturated heterocycles. The van der Waals surface area contributed by atoms with Crippen LogP contribution in [0.25, 0.3) is 55.5 Å². The van der Waals surface area contributed by atoms with Crippen LogP contribution in [0.15, 0.2) is 165 Å². The molecule has 0 fully saturated rings. The number of aliphatic imine (C=N–C) groups is 2. The molecule has 4 aliphatic rings. The Labute approximate surface area is 319 Å². The van der Waals surface area contributed by atoms with E-state index in [1.165, 1.54) is 70.2 Å². The SMILES string of the molecule is C=N/C(=C1/C=Cc2ccccc2/C1=N/Cn1c2ccccc2c2cc3ccc4c(c3cc21)C(C)(C)c1ccccc1-4)c1cccc2c1SC1=CC=CCC12.